The highest BCUT2D eigenvalue weighted by molar-refractivity contribution is 4.64. The van der Waals surface area contributed by atoms with Crippen LogP contribution in [-0.4, -0.2) is 34.1 Å². The van der Waals surface area contributed by atoms with Gasteiger partial charge in [-0.25, -0.2) is 0 Å². The smallest absolute Gasteiger partial charge is 0.109 e. The maximum absolute atomic E-state index is 10.1. The highest BCUT2D eigenvalue weighted by atomic mass is 16.3. The fraction of sp³-hybridized carbons (Fsp3) is 1.00. The Hall–Kier alpha value is -0.120. The number of aliphatic hydroxyl groups excluding tert-OH is 2. The van der Waals surface area contributed by atoms with Crippen LogP contribution in [0, 0.1) is 0 Å². The van der Waals surface area contributed by atoms with Crippen molar-refractivity contribution < 1.29 is 10.2 Å². The first-order valence-electron chi connectivity index (χ1n) is 16.8. The molecule has 0 bridgehead atoms. The van der Waals surface area contributed by atoms with Crippen molar-refractivity contribution in [2.24, 2.45) is 0 Å². The van der Waals surface area contributed by atoms with Gasteiger partial charge in [-0.1, -0.05) is 175 Å². The van der Waals surface area contributed by atoms with E-state index in [1.165, 1.54) is 154 Å². The van der Waals surface area contributed by atoms with E-state index < -0.39 is 12.5 Å². The third kappa shape index (κ3) is 24.2. The first kappa shape index (κ1) is 35.9. The number of hydrogen-bond donors (Lipinski definition) is 2. The third-order valence-corrected chi connectivity index (χ3v) is 8.02. The number of aliphatic hydroxyl groups is 2. The van der Waals surface area contributed by atoms with Crippen LogP contribution in [0.3, 0.4) is 0 Å². The fourth-order valence-corrected chi connectivity index (χ4v) is 5.40. The molecule has 0 aliphatic rings. The van der Waals surface area contributed by atoms with Gasteiger partial charge in [0.2, 0.25) is 0 Å². The lowest BCUT2D eigenvalue weighted by molar-refractivity contribution is -0.104. The maximum atomic E-state index is 10.1. The second-order valence-corrected chi connectivity index (χ2v) is 11.5. The molecule has 218 valence electrons. The van der Waals surface area contributed by atoms with E-state index in [0.717, 1.165) is 13.0 Å². The first-order valence-corrected chi connectivity index (χ1v) is 16.8. The second-order valence-electron chi connectivity index (χ2n) is 11.5. The first-order chi connectivity index (χ1) is 17.7. The molecule has 0 aromatic heterocycles. The van der Waals surface area contributed by atoms with Crippen LogP contribution in [0.4, 0.5) is 0 Å². The Balaban J connectivity index is 3.22. The Morgan fingerprint density at radius 3 is 0.806 bits per heavy atom. The van der Waals surface area contributed by atoms with Gasteiger partial charge in [-0.05, 0) is 19.3 Å². The minimum absolute atomic E-state index is 0.505. The van der Waals surface area contributed by atoms with Gasteiger partial charge in [-0.3, -0.25) is 4.90 Å². The average molecular weight is 512 g/mol. The third-order valence-electron chi connectivity index (χ3n) is 8.02. The molecule has 0 aliphatic carbocycles. The van der Waals surface area contributed by atoms with Gasteiger partial charge in [0.1, 0.15) is 12.5 Å². The van der Waals surface area contributed by atoms with Gasteiger partial charge in [-0.2, -0.15) is 0 Å². The number of hydrogen-bond acceptors (Lipinski definition) is 3. The van der Waals surface area contributed by atoms with Gasteiger partial charge in [0.25, 0.3) is 0 Å². The quantitative estimate of drug-likeness (QED) is 0.0744. The summed E-state index contributed by atoms with van der Waals surface area (Å²) in [6.45, 7) is 7.05. The molecule has 0 rings (SSSR count). The topological polar surface area (TPSA) is 43.7 Å². The summed E-state index contributed by atoms with van der Waals surface area (Å²) < 4.78 is 0. The Kier molecular flexibility index (Phi) is 29.3. The SMILES string of the molecule is CCCCCCCCCCCCCCCCCCCCCCCCCCCN(C(O)CC)C(O)CC. The van der Waals surface area contributed by atoms with Crippen molar-refractivity contribution in [1.82, 2.24) is 4.90 Å². The molecular weight excluding hydrogens is 442 g/mol. The number of unbranched alkanes of at least 4 members (excludes halogenated alkanes) is 24. The molecule has 0 aromatic rings. The van der Waals surface area contributed by atoms with Crippen molar-refractivity contribution in [2.45, 2.75) is 207 Å². The Labute approximate surface area is 228 Å². The van der Waals surface area contributed by atoms with Gasteiger partial charge < -0.3 is 10.2 Å². The summed E-state index contributed by atoms with van der Waals surface area (Å²) >= 11 is 0. The molecule has 0 fully saturated rings. The number of nitrogens with zero attached hydrogens (tertiary/aromatic N) is 1. The zero-order chi connectivity index (χ0) is 26.5. The van der Waals surface area contributed by atoms with Gasteiger partial charge in [0.05, 0.1) is 0 Å². The maximum Gasteiger partial charge on any atom is 0.109 e. The summed E-state index contributed by atoms with van der Waals surface area (Å²) in [5.74, 6) is 0. The Morgan fingerprint density at radius 1 is 0.361 bits per heavy atom. The summed E-state index contributed by atoms with van der Waals surface area (Å²) in [5.41, 5.74) is 0. The molecule has 3 nitrogen and oxygen atoms in total. The lowest BCUT2D eigenvalue weighted by Crippen LogP contribution is -2.43. The van der Waals surface area contributed by atoms with E-state index in [1.807, 2.05) is 18.7 Å². The van der Waals surface area contributed by atoms with Crippen LogP contribution in [0.25, 0.3) is 0 Å². The minimum atomic E-state index is -0.505. The molecule has 0 aromatic carbocycles. The standard InChI is InChI=1S/C33H69NO2/c1-4-7-8-9-10-11-12-13-14-15-16-17-18-19-20-21-22-23-24-25-26-27-28-29-30-31-34(32(35)5-2)33(36)6-3/h32-33,35-36H,4-31H2,1-3H3. The molecule has 36 heavy (non-hydrogen) atoms. The van der Waals surface area contributed by atoms with E-state index in [4.69, 9.17) is 0 Å². The summed E-state index contributed by atoms with van der Waals surface area (Å²) in [6, 6.07) is 0. The molecule has 3 heteroatoms. The molecule has 0 aliphatic heterocycles. The van der Waals surface area contributed by atoms with Gasteiger partial charge in [-0.15, -0.1) is 0 Å². The Morgan fingerprint density at radius 2 is 0.583 bits per heavy atom. The highest BCUT2D eigenvalue weighted by Crippen LogP contribution is 2.16. The minimum Gasteiger partial charge on any atom is -0.378 e. The van der Waals surface area contributed by atoms with Crippen molar-refractivity contribution in [1.29, 1.82) is 0 Å². The molecule has 0 heterocycles. The number of rotatable bonds is 30. The van der Waals surface area contributed by atoms with E-state index in [0.29, 0.717) is 12.8 Å². The molecule has 0 saturated heterocycles. The van der Waals surface area contributed by atoms with Crippen LogP contribution >= 0.6 is 0 Å². The van der Waals surface area contributed by atoms with Crippen molar-refractivity contribution >= 4 is 0 Å². The van der Waals surface area contributed by atoms with Crippen LogP contribution in [0.15, 0.2) is 0 Å². The summed E-state index contributed by atoms with van der Waals surface area (Å²) in [4.78, 5) is 1.86. The predicted molar refractivity (Wildman–Crippen MR) is 160 cm³/mol. The largest absolute Gasteiger partial charge is 0.378 e. The highest BCUT2D eigenvalue weighted by Gasteiger charge is 2.19. The van der Waals surface area contributed by atoms with E-state index in [2.05, 4.69) is 6.92 Å². The van der Waals surface area contributed by atoms with Gasteiger partial charge in [0, 0.05) is 6.54 Å². The van der Waals surface area contributed by atoms with E-state index in [9.17, 15) is 10.2 Å². The monoisotopic (exact) mass is 512 g/mol. The van der Waals surface area contributed by atoms with Gasteiger partial charge in [0.15, 0.2) is 0 Å². The van der Waals surface area contributed by atoms with Crippen LogP contribution in [0.1, 0.15) is 194 Å². The predicted octanol–water partition coefficient (Wildman–Crippen LogP) is 10.5. The summed E-state index contributed by atoms with van der Waals surface area (Å²) in [5, 5.41) is 20.1. The molecule has 0 saturated carbocycles. The molecule has 0 amide bonds. The summed E-state index contributed by atoms with van der Waals surface area (Å²) in [7, 11) is 0. The summed E-state index contributed by atoms with van der Waals surface area (Å²) in [6.07, 6.45) is 35.6. The normalized spacial score (nSPS) is 13.5. The zero-order valence-electron chi connectivity index (χ0n) is 25.3. The second kappa shape index (κ2) is 29.4. The van der Waals surface area contributed by atoms with E-state index in [1.54, 1.807) is 0 Å². The lowest BCUT2D eigenvalue weighted by Gasteiger charge is -2.31. The van der Waals surface area contributed by atoms with Gasteiger partial charge >= 0.3 is 0 Å². The lowest BCUT2D eigenvalue weighted by atomic mass is 10.0. The molecular formula is C33H69NO2. The molecule has 2 unspecified atom stereocenters. The molecule has 0 spiro atoms. The Bertz CT molecular complexity index is 393. The van der Waals surface area contributed by atoms with Crippen molar-refractivity contribution in [2.75, 3.05) is 6.54 Å². The van der Waals surface area contributed by atoms with Crippen LogP contribution in [0.2, 0.25) is 0 Å². The van der Waals surface area contributed by atoms with Crippen molar-refractivity contribution in [3.8, 4) is 0 Å². The van der Waals surface area contributed by atoms with Crippen LogP contribution < -0.4 is 0 Å². The molecule has 2 N–H and O–H groups in total. The molecule has 0 radical (unpaired) electrons. The van der Waals surface area contributed by atoms with E-state index >= 15 is 0 Å². The van der Waals surface area contributed by atoms with Crippen molar-refractivity contribution in [3.05, 3.63) is 0 Å². The zero-order valence-corrected chi connectivity index (χ0v) is 25.3. The van der Waals surface area contributed by atoms with E-state index in [-0.39, 0.29) is 0 Å². The fourth-order valence-electron chi connectivity index (χ4n) is 5.40. The average Bonchev–Trinajstić information content (AvgIpc) is 2.90. The van der Waals surface area contributed by atoms with Crippen molar-refractivity contribution in [3.63, 3.8) is 0 Å². The van der Waals surface area contributed by atoms with Crippen LogP contribution in [0.5, 0.6) is 0 Å². The molecule has 2 atom stereocenters. The van der Waals surface area contributed by atoms with Crippen LogP contribution in [-0.2, 0) is 0 Å².